The molecule has 0 spiro atoms. The summed E-state index contributed by atoms with van der Waals surface area (Å²) in [5.74, 6) is 0. The topological polar surface area (TPSA) is 32.3 Å². The zero-order chi connectivity index (χ0) is 9.45. The minimum Gasteiger partial charge on any atom is -0.396 e. The van der Waals surface area contributed by atoms with Crippen molar-refractivity contribution in [3.63, 3.8) is 0 Å². The van der Waals surface area contributed by atoms with Crippen LogP contribution in [0.3, 0.4) is 0 Å². The number of rotatable bonds is 7. The summed E-state index contributed by atoms with van der Waals surface area (Å²) in [7, 11) is 0. The van der Waals surface area contributed by atoms with Crippen LogP contribution in [-0.2, 0) is 0 Å². The summed E-state index contributed by atoms with van der Waals surface area (Å²) in [5, 5.41) is 12.3. The van der Waals surface area contributed by atoms with Crippen molar-refractivity contribution in [3.8, 4) is 0 Å². The van der Waals surface area contributed by atoms with Crippen LogP contribution in [0.2, 0.25) is 0 Å². The lowest BCUT2D eigenvalue weighted by Crippen LogP contribution is -2.32. The Hall–Kier alpha value is -0.0800. The summed E-state index contributed by atoms with van der Waals surface area (Å²) in [4.78, 5) is 0. The molecule has 0 atom stereocenters. The van der Waals surface area contributed by atoms with Crippen LogP contribution in [0.15, 0.2) is 0 Å². The average molecular weight is 173 g/mol. The Morgan fingerprint density at radius 3 is 2.42 bits per heavy atom. The van der Waals surface area contributed by atoms with Crippen LogP contribution in [0.1, 0.15) is 40.0 Å². The summed E-state index contributed by atoms with van der Waals surface area (Å²) >= 11 is 0. The SMILES string of the molecule is CCCCCNCC(C)(C)CO. The van der Waals surface area contributed by atoms with Gasteiger partial charge in [0.05, 0.1) is 0 Å². The maximum absolute atomic E-state index is 8.96. The molecule has 0 saturated heterocycles. The Balaban J connectivity index is 3.19. The van der Waals surface area contributed by atoms with E-state index in [0.29, 0.717) is 0 Å². The molecule has 0 saturated carbocycles. The summed E-state index contributed by atoms with van der Waals surface area (Å²) in [6, 6.07) is 0. The molecule has 0 heterocycles. The number of aliphatic hydroxyl groups is 1. The molecule has 0 aliphatic heterocycles. The Morgan fingerprint density at radius 1 is 1.25 bits per heavy atom. The quantitative estimate of drug-likeness (QED) is 0.575. The van der Waals surface area contributed by atoms with E-state index in [1.807, 2.05) is 0 Å². The molecule has 0 radical (unpaired) electrons. The fraction of sp³-hybridized carbons (Fsp3) is 1.00. The van der Waals surface area contributed by atoms with E-state index in [4.69, 9.17) is 5.11 Å². The minimum absolute atomic E-state index is 0.0339. The fourth-order valence-corrected chi connectivity index (χ4v) is 0.983. The van der Waals surface area contributed by atoms with Crippen molar-refractivity contribution in [2.75, 3.05) is 19.7 Å². The van der Waals surface area contributed by atoms with Gasteiger partial charge in [0.1, 0.15) is 0 Å². The van der Waals surface area contributed by atoms with Gasteiger partial charge in [-0.3, -0.25) is 0 Å². The highest BCUT2D eigenvalue weighted by molar-refractivity contribution is 4.69. The van der Waals surface area contributed by atoms with Crippen molar-refractivity contribution in [1.29, 1.82) is 0 Å². The van der Waals surface area contributed by atoms with Crippen LogP contribution >= 0.6 is 0 Å². The van der Waals surface area contributed by atoms with Crippen LogP contribution in [-0.4, -0.2) is 24.8 Å². The summed E-state index contributed by atoms with van der Waals surface area (Å²) in [6.45, 7) is 8.59. The number of hydrogen-bond acceptors (Lipinski definition) is 2. The normalized spacial score (nSPS) is 12.0. The van der Waals surface area contributed by atoms with E-state index in [2.05, 4.69) is 26.1 Å². The van der Waals surface area contributed by atoms with Crippen LogP contribution < -0.4 is 5.32 Å². The van der Waals surface area contributed by atoms with E-state index in [9.17, 15) is 0 Å². The maximum atomic E-state index is 8.96. The van der Waals surface area contributed by atoms with E-state index >= 15 is 0 Å². The summed E-state index contributed by atoms with van der Waals surface area (Å²) < 4.78 is 0. The predicted octanol–water partition coefficient (Wildman–Crippen LogP) is 1.78. The number of aliphatic hydroxyl groups excluding tert-OH is 1. The number of unbranched alkanes of at least 4 members (excludes halogenated alkanes) is 2. The van der Waals surface area contributed by atoms with Gasteiger partial charge in [0.15, 0.2) is 0 Å². The van der Waals surface area contributed by atoms with Crippen molar-refractivity contribution in [3.05, 3.63) is 0 Å². The van der Waals surface area contributed by atoms with Gasteiger partial charge in [-0.05, 0) is 13.0 Å². The summed E-state index contributed by atoms with van der Waals surface area (Å²) in [6.07, 6.45) is 3.82. The first-order valence-corrected chi connectivity index (χ1v) is 4.94. The fourth-order valence-electron chi connectivity index (χ4n) is 0.983. The molecule has 0 rings (SSSR count). The third kappa shape index (κ3) is 6.62. The lowest BCUT2D eigenvalue weighted by atomic mass is 9.95. The van der Waals surface area contributed by atoms with Gasteiger partial charge >= 0.3 is 0 Å². The molecule has 74 valence electrons. The van der Waals surface area contributed by atoms with Gasteiger partial charge in [-0.25, -0.2) is 0 Å². The molecule has 0 bridgehead atoms. The van der Waals surface area contributed by atoms with E-state index in [0.717, 1.165) is 13.1 Å². The van der Waals surface area contributed by atoms with E-state index in [1.165, 1.54) is 19.3 Å². The molecule has 2 nitrogen and oxygen atoms in total. The van der Waals surface area contributed by atoms with Crippen LogP contribution in [0.25, 0.3) is 0 Å². The van der Waals surface area contributed by atoms with Gasteiger partial charge in [-0.1, -0.05) is 33.6 Å². The lowest BCUT2D eigenvalue weighted by molar-refractivity contribution is 0.157. The highest BCUT2D eigenvalue weighted by Gasteiger charge is 2.14. The van der Waals surface area contributed by atoms with Crippen LogP contribution in [0, 0.1) is 5.41 Å². The molecular weight excluding hydrogens is 150 g/mol. The van der Waals surface area contributed by atoms with Crippen molar-refractivity contribution in [2.45, 2.75) is 40.0 Å². The van der Waals surface area contributed by atoms with E-state index in [-0.39, 0.29) is 12.0 Å². The molecule has 0 aliphatic rings. The molecule has 12 heavy (non-hydrogen) atoms. The van der Waals surface area contributed by atoms with Crippen LogP contribution in [0.4, 0.5) is 0 Å². The molecule has 2 N–H and O–H groups in total. The minimum atomic E-state index is 0.0339. The lowest BCUT2D eigenvalue weighted by Gasteiger charge is -2.21. The van der Waals surface area contributed by atoms with Gasteiger partial charge < -0.3 is 10.4 Å². The third-order valence-corrected chi connectivity index (χ3v) is 1.99. The third-order valence-electron chi connectivity index (χ3n) is 1.99. The standard InChI is InChI=1S/C10H23NO/c1-4-5-6-7-11-8-10(2,3)9-12/h11-12H,4-9H2,1-3H3. The monoisotopic (exact) mass is 173 g/mol. The van der Waals surface area contributed by atoms with Gasteiger partial charge in [0.25, 0.3) is 0 Å². The second-order valence-corrected chi connectivity index (χ2v) is 4.21. The Kier molecular flexibility index (Phi) is 6.39. The molecular formula is C10H23NO. The maximum Gasteiger partial charge on any atom is 0.0494 e. The first-order valence-electron chi connectivity index (χ1n) is 4.94. The van der Waals surface area contributed by atoms with Crippen LogP contribution in [0.5, 0.6) is 0 Å². The van der Waals surface area contributed by atoms with Crippen molar-refractivity contribution >= 4 is 0 Å². The molecule has 0 aliphatic carbocycles. The van der Waals surface area contributed by atoms with Crippen molar-refractivity contribution in [2.24, 2.45) is 5.41 Å². The second kappa shape index (κ2) is 6.44. The van der Waals surface area contributed by atoms with Crippen molar-refractivity contribution < 1.29 is 5.11 Å². The zero-order valence-corrected chi connectivity index (χ0v) is 8.69. The smallest absolute Gasteiger partial charge is 0.0494 e. The first-order chi connectivity index (χ1) is 5.62. The average Bonchev–Trinajstić information content (AvgIpc) is 2.04. The van der Waals surface area contributed by atoms with Gasteiger partial charge in [0.2, 0.25) is 0 Å². The second-order valence-electron chi connectivity index (χ2n) is 4.21. The molecule has 0 aromatic heterocycles. The van der Waals surface area contributed by atoms with E-state index < -0.39 is 0 Å². The highest BCUT2D eigenvalue weighted by Crippen LogP contribution is 2.10. The number of hydrogen-bond donors (Lipinski definition) is 2. The van der Waals surface area contributed by atoms with Gasteiger partial charge in [-0.2, -0.15) is 0 Å². The van der Waals surface area contributed by atoms with E-state index in [1.54, 1.807) is 0 Å². The molecule has 0 aromatic carbocycles. The number of nitrogens with one attached hydrogen (secondary N) is 1. The first kappa shape index (κ1) is 11.9. The predicted molar refractivity (Wildman–Crippen MR) is 53.3 cm³/mol. The Bertz CT molecular complexity index is 102. The van der Waals surface area contributed by atoms with Gasteiger partial charge in [-0.15, -0.1) is 0 Å². The van der Waals surface area contributed by atoms with Crippen molar-refractivity contribution in [1.82, 2.24) is 5.32 Å². The molecule has 0 aromatic rings. The molecule has 0 unspecified atom stereocenters. The largest absolute Gasteiger partial charge is 0.396 e. The Morgan fingerprint density at radius 2 is 1.92 bits per heavy atom. The zero-order valence-electron chi connectivity index (χ0n) is 8.69. The molecule has 0 amide bonds. The molecule has 2 heteroatoms. The Labute approximate surface area is 76.4 Å². The summed E-state index contributed by atoms with van der Waals surface area (Å²) in [5.41, 5.74) is 0.0339. The highest BCUT2D eigenvalue weighted by atomic mass is 16.3. The molecule has 0 fully saturated rings. The van der Waals surface area contributed by atoms with Gasteiger partial charge in [0, 0.05) is 18.6 Å².